The number of nitrogens with zero attached hydrogens (tertiary/aromatic N) is 1. The molecule has 0 aromatic carbocycles. The Morgan fingerprint density at radius 1 is 1.67 bits per heavy atom. The number of aliphatic imine (C=N–C) groups is 1. The second-order valence-corrected chi connectivity index (χ2v) is 2.46. The molecule has 1 rings (SSSR count). The fraction of sp³-hybridized carbons (Fsp3) is 0. The molecule has 3 heteroatoms. The van der Waals surface area contributed by atoms with Crippen LogP contribution in [-0.2, 0) is 4.79 Å². The van der Waals surface area contributed by atoms with E-state index in [0.717, 1.165) is 0 Å². The minimum Gasteiger partial charge on any atom is -0.288 e. The van der Waals surface area contributed by atoms with Crippen LogP contribution in [-0.4, -0.2) is 12.0 Å². The molecule has 0 bridgehead atoms. The summed E-state index contributed by atoms with van der Waals surface area (Å²) in [7, 11) is 0. The first-order valence-electron chi connectivity index (χ1n) is 2.34. The molecular weight excluding hydrogens is 182 g/mol. The first-order valence-corrected chi connectivity index (χ1v) is 3.13. The van der Waals surface area contributed by atoms with Gasteiger partial charge in [-0.3, -0.25) is 9.79 Å². The summed E-state index contributed by atoms with van der Waals surface area (Å²) < 4.78 is 0.468. The second-order valence-electron chi connectivity index (χ2n) is 1.61. The third kappa shape index (κ3) is 1.16. The fourth-order valence-corrected chi connectivity index (χ4v) is 0.836. The zero-order valence-electron chi connectivity index (χ0n) is 4.60. The summed E-state index contributed by atoms with van der Waals surface area (Å²) in [5.41, 5.74) is 0.421. The van der Waals surface area contributed by atoms with Gasteiger partial charge >= 0.3 is 0 Å². The summed E-state index contributed by atoms with van der Waals surface area (Å²) in [5.74, 6) is -0.0926. The summed E-state index contributed by atoms with van der Waals surface area (Å²) in [6, 6.07) is 0. The summed E-state index contributed by atoms with van der Waals surface area (Å²) in [4.78, 5) is 14.6. The van der Waals surface area contributed by atoms with Gasteiger partial charge in [-0.1, -0.05) is 6.58 Å². The van der Waals surface area contributed by atoms with E-state index in [1.807, 2.05) is 0 Å². The second kappa shape index (κ2) is 2.27. The smallest absolute Gasteiger partial charge is 0.202 e. The normalized spacial score (nSPS) is 18.1. The van der Waals surface area contributed by atoms with Crippen molar-refractivity contribution in [3.8, 4) is 0 Å². The standard InChI is InChI=1S/C6H4BrNO/c1-4-2-8-3-5(7)6(4)9/h2-3H,1H2. The molecule has 0 atom stereocenters. The lowest BCUT2D eigenvalue weighted by Gasteiger charge is -1.99. The monoisotopic (exact) mass is 185 g/mol. The van der Waals surface area contributed by atoms with Crippen molar-refractivity contribution in [3.63, 3.8) is 0 Å². The Morgan fingerprint density at radius 3 is 2.78 bits per heavy atom. The van der Waals surface area contributed by atoms with Crippen molar-refractivity contribution < 1.29 is 4.79 Å². The highest BCUT2D eigenvalue weighted by Crippen LogP contribution is 2.13. The maximum Gasteiger partial charge on any atom is 0.202 e. The summed E-state index contributed by atoms with van der Waals surface area (Å²) in [5, 5.41) is 0. The number of Topliss-reactive ketones (excluding diaryl/α,β-unsaturated/α-hetero) is 1. The van der Waals surface area contributed by atoms with E-state index < -0.39 is 0 Å². The highest BCUT2D eigenvalue weighted by atomic mass is 79.9. The van der Waals surface area contributed by atoms with Crippen molar-refractivity contribution in [2.75, 3.05) is 0 Å². The van der Waals surface area contributed by atoms with Gasteiger partial charge in [0.2, 0.25) is 5.78 Å². The third-order valence-corrected chi connectivity index (χ3v) is 1.49. The lowest BCUT2D eigenvalue weighted by molar-refractivity contribution is -0.111. The molecule has 1 aliphatic rings. The van der Waals surface area contributed by atoms with Crippen molar-refractivity contribution in [3.05, 3.63) is 22.8 Å². The van der Waals surface area contributed by atoms with E-state index in [1.54, 1.807) is 0 Å². The fourth-order valence-electron chi connectivity index (χ4n) is 0.463. The average molecular weight is 186 g/mol. The molecule has 0 amide bonds. The molecule has 1 aliphatic heterocycles. The molecule has 2 nitrogen and oxygen atoms in total. The zero-order chi connectivity index (χ0) is 6.85. The first kappa shape index (κ1) is 6.42. The number of carbonyl (C=O) groups excluding carboxylic acids is 1. The number of allylic oxidation sites excluding steroid dienone is 2. The minimum absolute atomic E-state index is 0.0926. The van der Waals surface area contributed by atoms with Crippen LogP contribution in [0.3, 0.4) is 0 Å². The quantitative estimate of drug-likeness (QED) is 0.526. The molecule has 0 aromatic rings. The number of rotatable bonds is 0. The van der Waals surface area contributed by atoms with Gasteiger partial charge in [-0.05, 0) is 15.9 Å². The van der Waals surface area contributed by atoms with Crippen molar-refractivity contribution >= 4 is 27.9 Å². The van der Waals surface area contributed by atoms with Crippen LogP contribution in [0.4, 0.5) is 0 Å². The molecule has 0 saturated carbocycles. The van der Waals surface area contributed by atoms with Crippen LogP contribution in [0.5, 0.6) is 0 Å². The van der Waals surface area contributed by atoms with Crippen LogP contribution in [0.2, 0.25) is 0 Å². The van der Waals surface area contributed by atoms with Crippen LogP contribution < -0.4 is 0 Å². The van der Waals surface area contributed by atoms with Crippen LogP contribution >= 0.6 is 15.9 Å². The Bertz CT molecular complexity index is 227. The highest BCUT2D eigenvalue weighted by Gasteiger charge is 2.10. The molecule has 0 aromatic heterocycles. The van der Waals surface area contributed by atoms with Crippen molar-refractivity contribution in [2.45, 2.75) is 0 Å². The van der Waals surface area contributed by atoms with E-state index in [1.165, 1.54) is 12.4 Å². The molecule has 0 aliphatic carbocycles. The van der Waals surface area contributed by atoms with Gasteiger partial charge in [-0.2, -0.15) is 0 Å². The van der Waals surface area contributed by atoms with E-state index in [-0.39, 0.29) is 5.78 Å². The van der Waals surface area contributed by atoms with Crippen LogP contribution in [0.15, 0.2) is 27.8 Å². The molecule has 0 fully saturated rings. The predicted molar refractivity (Wildman–Crippen MR) is 39.6 cm³/mol. The molecule has 1 heterocycles. The van der Waals surface area contributed by atoms with Crippen molar-refractivity contribution in [1.29, 1.82) is 0 Å². The molecule has 0 unspecified atom stereocenters. The van der Waals surface area contributed by atoms with Crippen molar-refractivity contribution in [2.24, 2.45) is 4.99 Å². The number of hydrogen-bond donors (Lipinski definition) is 0. The van der Waals surface area contributed by atoms with Gasteiger partial charge < -0.3 is 0 Å². The summed E-state index contributed by atoms with van der Waals surface area (Å²) >= 11 is 3.03. The van der Waals surface area contributed by atoms with E-state index in [0.29, 0.717) is 10.1 Å². The number of halogens is 1. The van der Waals surface area contributed by atoms with Gasteiger partial charge in [0.05, 0.1) is 4.48 Å². The Hall–Kier alpha value is -0.700. The predicted octanol–water partition coefficient (Wildman–Crippen LogP) is 1.43. The lowest BCUT2D eigenvalue weighted by Crippen LogP contribution is -2.04. The molecular formula is C6H4BrNO. The van der Waals surface area contributed by atoms with Gasteiger partial charge in [-0.25, -0.2) is 0 Å². The van der Waals surface area contributed by atoms with Gasteiger partial charge in [0, 0.05) is 18.0 Å². The van der Waals surface area contributed by atoms with E-state index in [9.17, 15) is 4.79 Å². The molecule has 0 N–H and O–H groups in total. The number of hydrogen-bond acceptors (Lipinski definition) is 2. The zero-order valence-corrected chi connectivity index (χ0v) is 6.18. The van der Waals surface area contributed by atoms with Crippen molar-refractivity contribution in [1.82, 2.24) is 0 Å². The number of carbonyl (C=O) groups is 1. The van der Waals surface area contributed by atoms with Gasteiger partial charge in [0.25, 0.3) is 0 Å². The average Bonchev–Trinajstić information content (AvgIpc) is 1.83. The van der Waals surface area contributed by atoms with Crippen LogP contribution in [0.1, 0.15) is 0 Å². The minimum atomic E-state index is -0.0926. The summed E-state index contributed by atoms with van der Waals surface area (Å²) in [6.45, 7) is 3.48. The van der Waals surface area contributed by atoms with E-state index in [2.05, 4.69) is 27.5 Å². The topological polar surface area (TPSA) is 29.4 Å². The Balaban J connectivity index is 3.00. The van der Waals surface area contributed by atoms with E-state index >= 15 is 0 Å². The first-order chi connectivity index (χ1) is 4.22. The lowest BCUT2D eigenvalue weighted by atomic mass is 10.2. The van der Waals surface area contributed by atoms with Crippen LogP contribution in [0.25, 0.3) is 0 Å². The van der Waals surface area contributed by atoms with Gasteiger partial charge in [0.15, 0.2) is 0 Å². The Kier molecular flexibility index (Phi) is 1.62. The van der Waals surface area contributed by atoms with Crippen LogP contribution in [0, 0.1) is 0 Å². The molecule has 0 radical (unpaired) electrons. The largest absolute Gasteiger partial charge is 0.288 e. The molecule has 0 spiro atoms. The third-order valence-electron chi connectivity index (χ3n) is 0.927. The Labute approximate surface area is 61.1 Å². The maximum absolute atomic E-state index is 10.8. The van der Waals surface area contributed by atoms with E-state index in [4.69, 9.17) is 0 Å². The van der Waals surface area contributed by atoms with Gasteiger partial charge in [-0.15, -0.1) is 0 Å². The number of ketones is 1. The Morgan fingerprint density at radius 2 is 2.33 bits per heavy atom. The molecule has 0 saturated heterocycles. The maximum atomic E-state index is 10.8. The highest BCUT2D eigenvalue weighted by molar-refractivity contribution is 9.12. The molecule has 9 heavy (non-hydrogen) atoms. The van der Waals surface area contributed by atoms with Gasteiger partial charge in [0.1, 0.15) is 0 Å². The summed E-state index contributed by atoms with van der Waals surface area (Å²) in [6.07, 6.45) is 2.89. The SMILES string of the molecule is C=C1C=NC=C(Br)C1=O. The molecule has 46 valence electrons.